The van der Waals surface area contributed by atoms with Crippen LogP contribution in [0.15, 0.2) is 24.4 Å². The average Bonchev–Trinajstić information content (AvgIpc) is 2.79. The lowest BCUT2D eigenvalue weighted by molar-refractivity contribution is 0.924. The molecule has 0 spiro atoms. The van der Waals surface area contributed by atoms with Crippen LogP contribution < -0.4 is 0 Å². The SMILES string of the molecule is N#CCCc1nc2c(cnc3ccc(Cl)cc32)[nH]1. The first-order valence-corrected chi connectivity index (χ1v) is 5.95. The maximum absolute atomic E-state index is 8.59. The van der Waals surface area contributed by atoms with Crippen LogP contribution in [0.1, 0.15) is 12.2 Å². The van der Waals surface area contributed by atoms with Crippen LogP contribution in [0.3, 0.4) is 0 Å². The van der Waals surface area contributed by atoms with Crippen LogP contribution >= 0.6 is 11.6 Å². The van der Waals surface area contributed by atoms with Gasteiger partial charge in [-0.1, -0.05) is 11.6 Å². The van der Waals surface area contributed by atoms with Crippen molar-refractivity contribution in [3.8, 4) is 6.07 Å². The molecule has 0 aliphatic carbocycles. The summed E-state index contributed by atoms with van der Waals surface area (Å²) in [5, 5.41) is 10.2. The minimum atomic E-state index is 0.450. The van der Waals surface area contributed by atoms with Crippen LogP contribution in [0.4, 0.5) is 0 Å². The molecule has 4 nitrogen and oxygen atoms in total. The Morgan fingerprint density at radius 3 is 3.11 bits per heavy atom. The van der Waals surface area contributed by atoms with E-state index < -0.39 is 0 Å². The molecule has 0 amide bonds. The summed E-state index contributed by atoms with van der Waals surface area (Å²) in [4.78, 5) is 12.0. The molecule has 0 saturated carbocycles. The lowest BCUT2D eigenvalue weighted by atomic mass is 10.2. The first-order chi connectivity index (χ1) is 8.78. The number of halogens is 1. The van der Waals surface area contributed by atoms with E-state index >= 15 is 0 Å². The number of imidazole rings is 1. The van der Waals surface area contributed by atoms with Crippen molar-refractivity contribution in [3.05, 3.63) is 35.2 Å². The highest BCUT2D eigenvalue weighted by Gasteiger charge is 2.08. The van der Waals surface area contributed by atoms with Crippen LogP contribution in [-0.4, -0.2) is 15.0 Å². The zero-order valence-corrected chi connectivity index (χ0v) is 10.2. The summed E-state index contributed by atoms with van der Waals surface area (Å²) < 4.78 is 0. The van der Waals surface area contributed by atoms with Crippen molar-refractivity contribution in [1.29, 1.82) is 5.26 Å². The van der Waals surface area contributed by atoms with Crippen LogP contribution in [0, 0.1) is 11.3 Å². The summed E-state index contributed by atoms with van der Waals surface area (Å²) in [5.41, 5.74) is 2.60. The van der Waals surface area contributed by atoms with Crippen molar-refractivity contribution in [1.82, 2.24) is 15.0 Å². The Labute approximate surface area is 108 Å². The van der Waals surface area contributed by atoms with E-state index in [0.29, 0.717) is 17.9 Å². The molecule has 18 heavy (non-hydrogen) atoms. The fourth-order valence-electron chi connectivity index (χ4n) is 1.97. The Morgan fingerprint density at radius 1 is 1.39 bits per heavy atom. The number of benzene rings is 1. The second-order valence-corrected chi connectivity index (χ2v) is 4.46. The summed E-state index contributed by atoms with van der Waals surface area (Å²) in [5.74, 6) is 0.806. The molecule has 0 atom stereocenters. The van der Waals surface area contributed by atoms with E-state index in [-0.39, 0.29) is 0 Å². The Bertz CT molecular complexity index is 770. The van der Waals surface area contributed by atoms with Gasteiger partial charge in [-0.25, -0.2) is 4.98 Å². The van der Waals surface area contributed by atoms with Crippen molar-refractivity contribution in [2.75, 3.05) is 0 Å². The molecule has 0 unspecified atom stereocenters. The summed E-state index contributed by atoms with van der Waals surface area (Å²) >= 11 is 6.00. The molecule has 0 aliphatic rings. The van der Waals surface area contributed by atoms with Crippen molar-refractivity contribution in [2.24, 2.45) is 0 Å². The Kier molecular flexibility index (Phi) is 2.62. The van der Waals surface area contributed by atoms with Gasteiger partial charge in [0, 0.05) is 23.3 Å². The highest BCUT2D eigenvalue weighted by Crippen LogP contribution is 2.24. The van der Waals surface area contributed by atoms with Crippen LogP contribution in [-0.2, 0) is 6.42 Å². The third-order valence-electron chi connectivity index (χ3n) is 2.80. The highest BCUT2D eigenvalue weighted by atomic mass is 35.5. The number of hydrogen-bond donors (Lipinski definition) is 1. The summed E-state index contributed by atoms with van der Waals surface area (Å²) in [6, 6.07) is 7.66. The monoisotopic (exact) mass is 256 g/mol. The lowest BCUT2D eigenvalue weighted by Crippen LogP contribution is -1.85. The third-order valence-corrected chi connectivity index (χ3v) is 3.04. The normalized spacial score (nSPS) is 10.9. The van der Waals surface area contributed by atoms with E-state index in [9.17, 15) is 0 Å². The van der Waals surface area contributed by atoms with Gasteiger partial charge in [-0.3, -0.25) is 4.98 Å². The largest absolute Gasteiger partial charge is 0.341 e. The van der Waals surface area contributed by atoms with Crippen molar-refractivity contribution >= 4 is 33.5 Å². The van der Waals surface area contributed by atoms with E-state index in [1.807, 2.05) is 18.2 Å². The van der Waals surface area contributed by atoms with Gasteiger partial charge in [0.2, 0.25) is 0 Å². The van der Waals surface area contributed by atoms with Gasteiger partial charge in [0.1, 0.15) is 5.82 Å². The zero-order valence-electron chi connectivity index (χ0n) is 9.44. The molecule has 88 valence electrons. The average molecular weight is 257 g/mol. The molecule has 2 heterocycles. The molecule has 3 aromatic rings. The molecular formula is C13H9ClN4. The van der Waals surface area contributed by atoms with Gasteiger partial charge in [0.25, 0.3) is 0 Å². The zero-order chi connectivity index (χ0) is 12.5. The van der Waals surface area contributed by atoms with Gasteiger partial charge in [0.15, 0.2) is 0 Å². The molecule has 0 bridgehead atoms. The van der Waals surface area contributed by atoms with E-state index in [1.54, 1.807) is 6.20 Å². The topological polar surface area (TPSA) is 65.4 Å². The molecule has 0 saturated heterocycles. The Morgan fingerprint density at radius 2 is 2.28 bits per heavy atom. The smallest absolute Gasteiger partial charge is 0.108 e. The lowest BCUT2D eigenvalue weighted by Gasteiger charge is -1.97. The number of fused-ring (bicyclic) bond motifs is 3. The third kappa shape index (κ3) is 1.79. The quantitative estimate of drug-likeness (QED) is 0.766. The first kappa shape index (κ1) is 11.0. The second-order valence-electron chi connectivity index (χ2n) is 4.02. The molecule has 5 heteroatoms. The van der Waals surface area contributed by atoms with Crippen molar-refractivity contribution in [3.63, 3.8) is 0 Å². The predicted octanol–water partition coefficient (Wildman–Crippen LogP) is 3.22. The number of nitrogens with one attached hydrogen (secondary N) is 1. The van der Waals surface area contributed by atoms with Crippen LogP contribution in [0.2, 0.25) is 5.02 Å². The number of aromatic amines is 1. The van der Waals surface area contributed by atoms with Gasteiger partial charge in [0.05, 0.1) is 28.8 Å². The Hall–Kier alpha value is -2.12. The van der Waals surface area contributed by atoms with Gasteiger partial charge in [-0.05, 0) is 18.2 Å². The Balaban J connectivity index is 2.23. The molecule has 1 aromatic carbocycles. The van der Waals surface area contributed by atoms with Gasteiger partial charge in [-0.15, -0.1) is 0 Å². The standard InChI is InChI=1S/C13H9ClN4/c14-8-3-4-10-9(6-8)13-11(7-16-10)17-12(18-13)2-1-5-15/h3-4,6-7H,1-2H2,(H,17,18). The van der Waals surface area contributed by atoms with Gasteiger partial charge in [-0.2, -0.15) is 5.26 Å². The maximum atomic E-state index is 8.59. The van der Waals surface area contributed by atoms with Gasteiger partial charge < -0.3 is 4.98 Å². The van der Waals surface area contributed by atoms with Crippen molar-refractivity contribution in [2.45, 2.75) is 12.8 Å². The maximum Gasteiger partial charge on any atom is 0.108 e. The number of hydrogen-bond acceptors (Lipinski definition) is 3. The number of rotatable bonds is 2. The second kappa shape index (κ2) is 4.28. The minimum absolute atomic E-state index is 0.450. The number of aromatic nitrogens is 3. The predicted molar refractivity (Wildman–Crippen MR) is 70.3 cm³/mol. The number of nitrogens with zero attached hydrogens (tertiary/aromatic N) is 3. The van der Waals surface area contributed by atoms with E-state index in [2.05, 4.69) is 21.0 Å². The summed E-state index contributed by atoms with van der Waals surface area (Å²) in [6.07, 6.45) is 2.83. The number of H-pyrrole nitrogens is 1. The number of aryl methyl sites for hydroxylation is 1. The molecule has 1 N–H and O–H groups in total. The minimum Gasteiger partial charge on any atom is -0.341 e. The molecule has 0 aliphatic heterocycles. The molecule has 2 aromatic heterocycles. The summed E-state index contributed by atoms with van der Waals surface area (Å²) in [7, 11) is 0. The molecular weight excluding hydrogens is 248 g/mol. The molecule has 0 fully saturated rings. The fraction of sp³-hybridized carbons (Fsp3) is 0.154. The van der Waals surface area contributed by atoms with E-state index in [4.69, 9.17) is 16.9 Å². The first-order valence-electron chi connectivity index (χ1n) is 5.58. The molecule has 3 rings (SSSR count). The van der Waals surface area contributed by atoms with E-state index in [1.165, 1.54) is 0 Å². The van der Waals surface area contributed by atoms with Crippen LogP contribution in [0.5, 0.6) is 0 Å². The molecule has 0 radical (unpaired) electrons. The highest BCUT2D eigenvalue weighted by molar-refractivity contribution is 6.31. The number of nitriles is 1. The van der Waals surface area contributed by atoms with Crippen LogP contribution in [0.25, 0.3) is 21.9 Å². The van der Waals surface area contributed by atoms with Crippen molar-refractivity contribution < 1.29 is 0 Å². The fourth-order valence-corrected chi connectivity index (χ4v) is 2.15. The number of pyridine rings is 1. The van der Waals surface area contributed by atoms with E-state index in [0.717, 1.165) is 27.8 Å². The summed E-state index contributed by atoms with van der Waals surface area (Å²) in [6.45, 7) is 0. The van der Waals surface area contributed by atoms with Gasteiger partial charge >= 0.3 is 0 Å².